The fraction of sp³-hybridized carbons (Fsp3) is 0.480. The molecule has 5 nitrogen and oxygen atoms in total. The third-order valence-corrected chi connectivity index (χ3v) is 6.34. The maximum Gasteiger partial charge on any atom is 0.258 e. The fourth-order valence-electron chi connectivity index (χ4n) is 4.38. The van der Waals surface area contributed by atoms with Gasteiger partial charge in [-0.3, -0.25) is 4.79 Å². The van der Waals surface area contributed by atoms with Crippen LogP contribution in [0.25, 0.3) is 0 Å². The van der Waals surface area contributed by atoms with Gasteiger partial charge in [0.1, 0.15) is 5.75 Å². The Morgan fingerprint density at radius 2 is 1.83 bits per heavy atom. The van der Waals surface area contributed by atoms with Gasteiger partial charge in [-0.15, -0.1) is 0 Å². The van der Waals surface area contributed by atoms with Crippen molar-refractivity contribution in [2.24, 2.45) is 0 Å². The van der Waals surface area contributed by atoms with Crippen molar-refractivity contribution in [2.75, 3.05) is 50.1 Å². The highest BCUT2D eigenvalue weighted by molar-refractivity contribution is 6.08. The lowest BCUT2D eigenvalue weighted by atomic mass is 9.98. The Kier molecular flexibility index (Phi) is 6.28. The molecule has 0 radical (unpaired) electrons. The van der Waals surface area contributed by atoms with Crippen LogP contribution in [0.4, 0.5) is 11.4 Å². The number of hydrogen-bond donors (Lipinski definition) is 0. The minimum absolute atomic E-state index is 0.0814. The first-order valence-electron chi connectivity index (χ1n) is 11.2. The molecule has 2 aliphatic rings. The standard InChI is InChI=1S/C25H33N3O2/c1-4-5-16-30-23-10-11-24-19(17-23)12-15-28(25(24)29)21-8-6-20(7-9-21)27-14-13-22(18-27)26(2)3/h6-11,17,22H,4-5,12-16,18H2,1-3H3/t22-/m0/s1. The van der Waals surface area contributed by atoms with Gasteiger partial charge >= 0.3 is 0 Å². The Balaban J connectivity index is 1.44. The van der Waals surface area contributed by atoms with Gasteiger partial charge in [0.2, 0.25) is 0 Å². The first kappa shape index (κ1) is 20.7. The first-order valence-corrected chi connectivity index (χ1v) is 11.2. The number of rotatable bonds is 7. The average molecular weight is 408 g/mol. The van der Waals surface area contributed by atoms with E-state index in [0.29, 0.717) is 12.6 Å². The van der Waals surface area contributed by atoms with Gasteiger partial charge in [0.05, 0.1) is 6.61 Å². The van der Waals surface area contributed by atoms with Gasteiger partial charge < -0.3 is 19.4 Å². The molecular weight excluding hydrogens is 374 g/mol. The molecule has 1 saturated heterocycles. The fourth-order valence-corrected chi connectivity index (χ4v) is 4.38. The molecule has 0 aromatic heterocycles. The quantitative estimate of drug-likeness (QED) is 0.644. The van der Waals surface area contributed by atoms with Crippen molar-refractivity contribution in [3.8, 4) is 5.75 Å². The predicted molar refractivity (Wildman–Crippen MR) is 123 cm³/mol. The molecule has 2 heterocycles. The first-order chi connectivity index (χ1) is 14.6. The van der Waals surface area contributed by atoms with E-state index in [-0.39, 0.29) is 5.91 Å². The van der Waals surface area contributed by atoms with E-state index in [1.807, 2.05) is 23.1 Å². The number of carbonyl (C=O) groups excluding carboxylic acids is 1. The highest BCUT2D eigenvalue weighted by atomic mass is 16.5. The molecular formula is C25H33N3O2. The molecule has 0 unspecified atom stereocenters. The van der Waals surface area contributed by atoms with Gasteiger partial charge in [-0.05, 0) is 81.4 Å². The Bertz CT molecular complexity index is 878. The molecule has 2 aliphatic heterocycles. The summed E-state index contributed by atoms with van der Waals surface area (Å²) in [5, 5.41) is 0. The number of anilines is 2. The van der Waals surface area contributed by atoms with E-state index in [1.54, 1.807) is 0 Å². The molecule has 2 aromatic carbocycles. The molecule has 0 N–H and O–H groups in total. The number of ether oxygens (including phenoxy) is 1. The topological polar surface area (TPSA) is 36.0 Å². The van der Waals surface area contributed by atoms with E-state index in [2.05, 4.69) is 55.1 Å². The molecule has 0 bridgehead atoms. The number of hydrogen-bond acceptors (Lipinski definition) is 4. The zero-order valence-corrected chi connectivity index (χ0v) is 18.4. The maximum absolute atomic E-state index is 13.1. The van der Waals surface area contributed by atoms with E-state index < -0.39 is 0 Å². The molecule has 30 heavy (non-hydrogen) atoms. The number of carbonyl (C=O) groups is 1. The predicted octanol–water partition coefficient (Wildman–Crippen LogP) is 4.21. The smallest absolute Gasteiger partial charge is 0.258 e. The van der Waals surface area contributed by atoms with Crippen LogP contribution in [0.5, 0.6) is 5.75 Å². The van der Waals surface area contributed by atoms with E-state index in [4.69, 9.17) is 4.74 Å². The van der Waals surface area contributed by atoms with E-state index in [9.17, 15) is 4.79 Å². The summed E-state index contributed by atoms with van der Waals surface area (Å²) in [6.45, 7) is 5.73. The van der Waals surface area contributed by atoms with E-state index in [1.165, 1.54) is 12.1 Å². The van der Waals surface area contributed by atoms with Crippen LogP contribution in [-0.4, -0.2) is 57.2 Å². The number of likely N-dealkylation sites (N-methyl/N-ethyl adjacent to an activating group) is 1. The minimum atomic E-state index is 0.0814. The lowest BCUT2D eigenvalue weighted by Gasteiger charge is -2.29. The minimum Gasteiger partial charge on any atom is -0.494 e. The van der Waals surface area contributed by atoms with Crippen molar-refractivity contribution in [2.45, 2.75) is 38.6 Å². The zero-order valence-electron chi connectivity index (χ0n) is 18.4. The summed E-state index contributed by atoms with van der Waals surface area (Å²) < 4.78 is 5.81. The SMILES string of the molecule is CCCCOc1ccc2c(c1)CCN(c1ccc(N3CC[C@H](N(C)C)C3)cc1)C2=O. The normalized spacial score (nSPS) is 18.8. The van der Waals surface area contributed by atoms with Gasteiger partial charge in [0.15, 0.2) is 0 Å². The summed E-state index contributed by atoms with van der Waals surface area (Å²) in [6.07, 6.45) is 4.21. The third kappa shape index (κ3) is 4.31. The average Bonchev–Trinajstić information content (AvgIpc) is 3.25. The van der Waals surface area contributed by atoms with Crippen molar-refractivity contribution < 1.29 is 9.53 Å². The van der Waals surface area contributed by atoms with E-state index in [0.717, 1.165) is 61.5 Å². The van der Waals surface area contributed by atoms with Crippen LogP contribution in [0.3, 0.4) is 0 Å². The highest BCUT2D eigenvalue weighted by Crippen LogP contribution is 2.30. The molecule has 0 aliphatic carbocycles. The van der Waals surface area contributed by atoms with Crippen molar-refractivity contribution in [1.29, 1.82) is 0 Å². The molecule has 0 saturated carbocycles. The maximum atomic E-state index is 13.1. The molecule has 2 aromatic rings. The third-order valence-electron chi connectivity index (χ3n) is 6.34. The van der Waals surface area contributed by atoms with Gasteiger partial charge in [0, 0.05) is 42.6 Å². The zero-order chi connectivity index (χ0) is 21.1. The molecule has 1 amide bonds. The van der Waals surface area contributed by atoms with Gasteiger partial charge in [-0.25, -0.2) is 0 Å². The summed E-state index contributed by atoms with van der Waals surface area (Å²) in [5.74, 6) is 0.951. The molecule has 0 spiro atoms. The monoisotopic (exact) mass is 407 g/mol. The summed E-state index contributed by atoms with van der Waals surface area (Å²) in [5.41, 5.74) is 4.10. The number of benzene rings is 2. The molecule has 1 fully saturated rings. The van der Waals surface area contributed by atoms with Crippen molar-refractivity contribution in [3.05, 3.63) is 53.6 Å². The van der Waals surface area contributed by atoms with Gasteiger partial charge in [-0.1, -0.05) is 13.3 Å². The Labute approximate surface area is 180 Å². The van der Waals surface area contributed by atoms with Crippen molar-refractivity contribution >= 4 is 17.3 Å². The highest BCUT2D eigenvalue weighted by Gasteiger charge is 2.27. The molecule has 1 atom stereocenters. The van der Waals surface area contributed by atoms with Crippen LogP contribution >= 0.6 is 0 Å². The Hall–Kier alpha value is -2.53. The number of nitrogens with zero attached hydrogens (tertiary/aromatic N) is 3. The Morgan fingerprint density at radius 1 is 1.07 bits per heavy atom. The lowest BCUT2D eigenvalue weighted by molar-refractivity contribution is 0.0980. The summed E-state index contributed by atoms with van der Waals surface area (Å²) in [7, 11) is 4.30. The van der Waals surface area contributed by atoms with Crippen LogP contribution in [-0.2, 0) is 6.42 Å². The Morgan fingerprint density at radius 3 is 2.53 bits per heavy atom. The van der Waals surface area contributed by atoms with Crippen LogP contribution in [0.15, 0.2) is 42.5 Å². The largest absolute Gasteiger partial charge is 0.494 e. The van der Waals surface area contributed by atoms with Crippen LogP contribution in [0, 0.1) is 0 Å². The number of fused-ring (bicyclic) bond motifs is 1. The van der Waals surface area contributed by atoms with Crippen LogP contribution < -0.4 is 14.5 Å². The summed E-state index contributed by atoms with van der Waals surface area (Å²) in [6, 6.07) is 15.0. The lowest BCUT2D eigenvalue weighted by Crippen LogP contribution is -2.37. The summed E-state index contributed by atoms with van der Waals surface area (Å²) in [4.78, 5) is 19.8. The van der Waals surface area contributed by atoms with Gasteiger partial charge in [0.25, 0.3) is 5.91 Å². The number of unbranched alkanes of at least 4 members (excludes halogenated alkanes) is 1. The van der Waals surface area contributed by atoms with E-state index >= 15 is 0 Å². The molecule has 5 heteroatoms. The molecule has 160 valence electrons. The van der Waals surface area contributed by atoms with Crippen molar-refractivity contribution in [1.82, 2.24) is 4.90 Å². The van der Waals surface area contributed by atoms with Gasteiger partial charge in [-0.2, -0.15) is 0 Å². The van der Waals surface area contributed by atoms with Crippen molar-refractivity contribution in [3.63, 3.8) is 0 Å². The second-order valence-electron chi connectivity index (χ2n) is 8.60. The second-order valence-corrected chi connectivity index (χ2v) is 8.60. The summed E-state index contributed by atoms with van der Waals surface area (Å²) >= 11 is 0. The molecule has 4 rings (SSSR count). The van der Waals surface area contributed by atoms with Crippen LogP contribution in [0.2, 0.25) is 0 Å². The number of amides is 1. The second kappa shape index (κ2) is 9.09. The van der Waals surface area contributed by atoms with Crippen LogP contribution in [0.1, 0.15) is 42.1 Å².